The van der Waals surface area contributed by atoms with Crippen molar-refractivity contribution in [3.63, 3.8) is 0 Å². The van der Waals surface area contributed by atoms with Gasteiger partial charge in [0.25, 0.3) is 0 Å². The molecule has 2 fully saturated rings. The molecule has 2 atom stereocenters. The van der Waals surface area contributed by atoms with Gasteiger partial charge < -0.3 is 9.63 Å². The van der Waals surface area contributed by atoms with Crippen molar-refractivity contribution in [2.75, 3.05) is 0 Å². The van der Waals surface area contributed by atoms with E-state index in [1.165, 1.54) is 38.2 Å². The molecule has 0 aliphatic heterocycles. The molecule has 0 amide bonds. The van der Waals surface area contributed by atoms with E-state index in [0.717, 1.165) is 53.7 Å². The third kappa shape index (κ3) is 8.20. The van der Waals surface area contributed by atoms with Crippen molar-refractivity contribution in [1.29, 1.82) is 0 Å². The fourth-order valence-electron chi connectivity index (χ4n) is 5.63. The van der Waals surface area contributed by atoms with E-state index in [-0.39, 0.29) is 13.9 Å². The molecule has 2 saturated carbocycles. The molecule has 3 aromatic heterocycles. The molecule has 0 unspecified atom stereocenters. The summed E-state index contributed by atoms with van der Waals surface area (Å²) in [4.78, 5) is 18.0. The van der Waals surface area contributed by atoms with Gasteiger partial charge in [0.1, 0.15) is 17.3 Å². The smallest absolute Gasteiger partial charge is 0.391 e. The van der Waals surface area contributed by atoms with Crippen molar-refractivity contribution in [1.82, 2.24) is 20.3 Å². The van der Waals surface area contributed by atoms with Crippen LogP contribution in [-0.2, 0) is 13.0 Å². The zero-order valence-corrected chi connectivity index (χ0v) is 26.5. The summed E-state index contributed by atoms with van der Waals surface area (Å²) >= 11 is 0. The number of aliphatic hydroxyl groups excluding tert-OH is 1. The van der Waals surface area contributed by atoms with Gasteiger partial charge in [0.2, 0.25) is 0 Å². The van der Waals surface area contributed by atoms with Crippen molar-refractivity contribution >= 4 is 0 Å². The number of hydrogen-bond donors (Lipinski definition) is 2. The summed E-state index contributed by atoms with van der Waals surface area (Å²) in [5, 5.41) is 17.1. The summed E-state index contributed by atoms with van der Waals surface area (Å²) in [7, 11) is 0. The van der Waals surface area contributed by atoms with E-state index in [2.05, 4.69) is 30.9 Å². The number of pyridine rings is 1. The van der Waals surface area contributed by atoms with Gasteiger partial charge in [0.15, 0.2) is 5.82 Å². The van der Waals surface area contributed by atoms with E-state index in [0.29, 0.717) is 28.6 Å². The number of nitrogens with zero attached hydrogens (tertiary/aromatic N) is 3. The first-order valence-corrected chi connectivity index (χ1v) is 16.1. The van der Waals surface area contributed by atoms with Gasteiger partial charge in [-0.2, -0.15) is 0 Å². The second kappa shape index (κ2) is 15.7. The number of aryl methyl sites for hydroxylation is 2. The number of benzene rings is 1. The molecule has 1 aromatic carbocycles. The minimum Gasteiger partial charge on any atom is -0.391 e. The van der Waals surface area contributed by atoms with Crippen molar-refractivity contribution in [2.24, 2.45) is 11.8 Å². The van der Waals surface area contributed by atoms with Crippen LogP contribution in [0.4, 0.5) is 4.39 Å². The van der Waals surface area contributed by atoms with E-state index < -0.39 is 5.76 Å². The Bertz CT molecular complexity index is 1550. The molecule has 9 heteroatoms. The number of fused-ring (bicyclic) bond motifs is 1. The highest BCUT2D eigenvalue weighted by Crippen LogP contribution is 2.46. The Kier molecular flexibility index (Phi) is 11.8. The molecule has 3 aliphatic rings. The largest absolute Gasteiger partial charge is 0.439 e. The van der Waals surface area contributed by atoms with Crippen molar-refractivity contribution < 1.29 is 20.0 Å². The number of allylic oxidation sites excluding steroid dienone is 2. The quantitative estimate of drug-likeness (QED) is 0.202. The maximum atomic E-state index is 13.9. The Labute approximate surface area is 260 Å². The monoisotopic (exact) mass is 606 g/mol. The highest BCUT2D eigenvalue weighted by atomic mass is 19.1. The summed E-state index contributed by atoms with van der Waals surface area (Å²) in [5.41, 5.74) is 5.84. The fraction of sp³-hybridized carbons (Fsp3) is 0.486. The number of rotatable bonds is 7. The minimum absolute atomic E-state index is 0. The molecule has 238 valence electrons. The molecule has 0 radical (unpaired) electrons. The summed E-state index contributed by atoms with van der Waals surface area (Å²) in [6.07, 6.45) is 14.0. The first-order valence-electron chi connectivity index (χ1n) is 16.1. The van der Waals surface area contributed by atoms with Gasteiger partial charge in [0, 0.05) is 35.9 Å². The predicted octanol–water partition coefficient (Wildman–Crippen LogP) is 8.56. The molecular formula is C35H47FN4O4. The molecule has 0 spiro atoms. The van der Waals surface area contributed by atoms with Crippen molar-refractivity contribution in [3.05, 3.63) is 87.1 Å². The highest BCUT2D eigenvalue weighted by molar-refractivity contribution is 5.68. The summed E-state index contributed by atoms with van der Waals surface area (Å²) in [6.45, 7) is 9.66. The highest BCUT2D eigenvalue weighted by Gasteiger charge is 2.33. The Morgan fingerprint density at radius 1 is 1.02 bits per heavy atom. The lowest BCUT2D eigenvalue weighted by atomic mass is 9.96. The van der Waals surface area contributed by atoms with Gasteiger partial charge in [-0.05, 0) is 87.5 Å². The third-order valence-electron chi connectivity index (χ3n) is 8.12. The fourth-order valence-corrected chi connectivity index (χ4v) is 5.63. The van der Waals surface area contributed by atoms with E-state index in [4.69, 9.17) is 4.52 Å². The SMILES string of the molecule is CC.CC.Cc1cccc(F)c1-c1noc(C2CC2)c1CO.O=c1[nH]c(-c2ccc(CC[C@@H]3C=C4C[C@@H]4CCC3)nc2)no1.[HH]. The van der Waals surface area contributed by atoms with Crippen LogP contribution in [0.5, 0.6) is 0 Å². The van der Waals surface area contributed by atoms with Gasteiger partial charge in [-0.3, -0.25) is 14.5 Å². The average molecular weight is 607 g/mol. The Balaban J connectivity index is 0.000000220. The molecule has 0 saturated heterocycles. The molecular weight excluding hydrogens is 559 g/mol. The van der Waals surface area contributed by atoms with Crippen LogP contribution in [0.15, 0.2) is 62.0 Å². The minimum atomic E-state index is -0.543. The topological polar surface area (TPSA) is 118 Å². The van der Waals surface area contributed by atoms with Gasteiger partial charge in [-0.25, -0.2) is 9.18 Å². The third-order valence-corrected chi connectivity index (χ3v) is 8.12. The van der Waals surface area contributed by atoms with E-state index in [1.54, 1.807) is 17.8 Å². The Hall–Kier alpha value is -3.85. The maximum absolute atomic E-state index is 13.9. The Morgan fingerprint density at radius 2 is 1.82 bits per heavy atom. The summed E-state index contributed by atoms with van der Waals surface area (Å²) in [5.74, 6) is 2.26. The number of halogens is 1. The lowest BCUT2D eigenvalue weighted by Gasteiger charge is -2.11. The molecule has 4 aromatic rings. The number of hydrogen-bond acceptors (Lipinski definition) is 7. The lowest BCUT2D eigenvalue weighted by molar-refractivity contribution is 0.277. The molecule has 8 nitrogen and oxygen atoms in total. The van der Waals surface area contributed by atoms with Crippen LogP contribution in [-0.4, -0.2) is 25.4 Å². The predicted molar refractivity (Wildman–Crippen MR) is 172 cm³/mol. The summed E-state index contributed by atoms with van der Waals surface area (Å²) in [6, 6.07) is 8.82. The van der Waals surface area contributed by atoms with Crippen LogP contribution in [0.25, 0.3) is 22.6 Å². The molecule has 44 heavy (non-hydrogen) atoms. The lowest BCUT2D eigenvalue weighted by Crippen LogP contribution is -2.00. The molecule has 0 bridgehead atoms. The molecule has 7 rings (SSSR count). The number of aliphatic hydroxyl groups is 1. The zero-order chi connectivity index (χ0) is 31.6. The summed E-state index contributed by atoms with van der Waals surface area (Å²) < 4.78 is 23.7. The van der Waals surface area contributed by atoms with E-state index in [9.17, 15) is 14.3 Å². The van der Waals surface area contributed by atoms with Gasteiger partial charge in [0.05, 0.1) is 6.61 Å². The average Bonchev–Trinajstić information content (AvgIpc) is 3.95. The van der Waals surface area contributed by atoms with Crippen molar-refractivity contribution in [3.8, 4) is 22.6 Å². The normalized spacial score (nSPS) is 18.2. The first-order chi connectivity index (χ1) is 21.5. The van der Waals surface area contributed by atoms with E-state index >= 15 is 0 Å². The molecule has 3 aliphatic carbocycles. The van der Waals surface area contributed by atoms with Crippen LogP contribution in [0.3, 0.4) is 0 Å². The van der Waals surface area contributed by atoms with E-state index in [1.807, 2.05) is 52.8 Å². The maximum Gasteiger partial charge on any atom is 0.439 e. The van der Waals surface area contributed by atoms with Crippen LogP contribution in [0, 0.1) is 24.6 Å². The molecule has 2 N–H and O–H groups in total. The van der Waals surface area contributed by atoms with Gasteiger partial charge in [-0.15, -0.1) is 0 Å². The second-order valence-corrected chi connectivity index (χ2v) is 11.1. The van der Waals surface area contributed by atoms with Crippen LogP contribution < -0.4 is 5.76 Å². The molecule has 3 heterocycles. The van der Waals surface area contributed by atoms with Gasteiger partial charge in [-0.1, -0.05) is 68.2 Å². The van der Waals surface area contributed by atoms with Gasteiger partial charge >= 0.3 is 5.76 Å². The zero-order valence-electron chi connectivity index (χ0n) is 26.5. The Morgan fingerprint density at radius 3 is 2.45 bits per heavy atom. The first kappa shape index (κ1) is 33.1. The number of aromatic amines is 1. The standard InChI is InChI=1S/C17H19N3O2.C14H14FNO2.2C2H6.H2/c21-17-19-16(20-22-17)13-5-7-15(18-10-13)6-4-11-2-1-3-12-9-14(12)8-11;1-8-3-2-4-11(15)12(8)13-10(7-17)14(18-16-13)9-5-6-9;2*1-2;/h5,7-8,10-12H,1-4,6,9H2,(H,19,20,21);2-4,9,17H,5-7H2,1H3;2*1-2H3;1H/t11-,12+;;;;/m1..../s1. The van der Waals surface area contributed by atoms with Crippen LogP contribution in [0.2, 0.25) is 0 Å². The van der Waals surface area contributed by atoms with Crippen LogP contribution in [0.1, 0.15) is 103 Å². The number of H-pyrrole nitrogens is 1. The van der Waals surface area contributed by atoms with Crippen molar-refractivity contribution in [2.45, 2.75) is 98.5 Å². The second-order valence-electron chi connectivity index (χ2n) is 11.1. The number of nitrogens with one attached hydrogen (secondary N) is 1. The van der Waals surface area contributed by atoms with Crippen LogP contribution >= 0.6 is 0 Å². The number of aromatic nitrogens is 4.